The van der Waals surface area contributed by atoms with E-state index in [0.29, 0.717) is 0 Å². The van der Waals surface area contributed by atoms with Gasteiger partial charge in [-0.25, -0.2) is 0 Å². The summed E-state index contributed by atoms with van der Waals surface area (Å²) in [5.41, 5.74) is 12.5. The van der Waals surface area contributed by atoms with Gasteiger partial charge in [0.1, 0.15) is 0 Å². The number of allylic oxidation sites excluding steroid dienone is 1. The van der Waals surface area contributed by atoms with Crippen LogP contribution in [-0.2, 0) is 17.3 Å². The summed E-state index contributed by atoms with van der Waals surface area (Å²) in [7, 11) is 0. The number of pyridine rings is 1. The summed E-state index contributed by atoms with van der Waals surface area (Å²) >= 11 is 0. The highest BCUT2D eigenvalue weighted by Crippen LogP contribution is 2.49. The van der Waals surface area contributed by atoms with Gasteiger partial charge in [-0.2, -0.15) is 0 Å². The molecule has 250 valence electrons. The van der Waals surface area contributed by atoms with Crippen LogP contribution in [-0.4, -0.2) is 9.55 Å². The zero-order chi connectivity index (χ0) is 35.2. The van der Waals surface area contributed by atoms with E-state index in [-0.39, 0.29) is 10.8 Å². The standard InChI is InChI=1S/C50H40N2/c1-49(2,3)37-27-34-20-22-40-42(33-18-16-32(17-19-33)36-11-10-26-51-31-36)29-44(41-23-21-35(28-37)47(34)48(40)41)50(4)25-24-46-43(30-50)39-14-8-9-15-45(39)52(46)38-12-6-5-7-13-38/h5-29,31H,30H2,1-4H3. The largest absolute Gasteiger partial charge is 0.310 e. The smallest absolute Gasteiger partial charge is 0.0537 e. The van der Waals surface area contributed by atoms with Crippen LogP contribution in [0.1, 0.15) is 50.1 Å². The SMILES string of the molecule is CC(C)(C)c1cc2ccc3c(-c4ccc(-c5cccnc5)cc4)cc(C4(C)C=Cc5c(c6ccccc6n5-c5ccccc5)C4)c4ccc(c1)c2c34. The second kappa shape index (κ2) is 11.3. The van der Waals surface area contributed by atoms with Gasteiger partial charge in [0, 0.05) is 34.6 Å². The monoisotopic (exact) mass is 668 g/mol. The molecule has 2 heterocycles. The molecule has 52 heavy (non-hydrogen) atoms. The molecule has 0 N–H and O–H groups in total. The van der Waals surface area contributed by atoms with Crippen LogP contribution in [0.3, 0.4) is 0 Å². The van der Waals surface area contributed by atoms with E-state index in [1.165, 1.54) is 88.0 Å². The number of aromatic nitrogens is 2. The number of fused-ring (bicyclic) bond motifs is 3. The van der Waals surface area contributed by atoms with Crippen LogP contribution < -0.4 is 0 Å². The third kappa shape index (κ3) is 4.67. The Kier molecular flexibility index (Phi) is 6.67. The number of benzene rings is 7. The van der Waals surface area contributed by atoms with Crippen molar-refractivity contribution in [3.63, 3.8) is 0 Å². The van der Waals surface area contributed by atoms with E-state index < -0.39 is 0 Å². The molecule has 0 fully saturated rings. The summed E-state index contributed by atoms with van der Waals surface area (Å²) in [4.78, 5) is 4.37. The number of para-hydroxylation sites is 2. The molecule has 1 unspecified atom stereocenters. The number of nitrogens with zero attached hydrogens (tertiary/aromatic N) is 2. The minimum atomic E-state index is -0.234. The van der Waals surface area contributed by atoms with Crippen LogP contribution >= 0.6 is 0 Å². The summed E-state index contributed by atoms with van der Waals surface area (Å²) < 4.78 is 2.44. The fourth-order valence-electron chi connectivity index (χ4n) is 8.85. The van der Waals surface area contributed by atoms with Gasteiger partial charge in [0.05, 0.1) is 5.52 Å². The molecule has 2 heteroatoms. The van der Waals surface area contributed by atoms with Crippen LogP contribution in [0.4, 0.5) is 0 Å². The molecule has 0 bridgehead atoms. The van der Waals surface area contributed by atoms with Crippen molar-refractivity contribution in [3.05, 3.63) is 174 Å². The molecule has 1 atom stereocenters. The Bertz CT molecular complexity index is 2810. The minimum Gasteiger partial charge on any atom is -0.310 e. The second-order valence-corrected chi connectivity index (χ2v) is 15.9. The first-order chi connectivity index (χ1) is 25.3. The molecule has 2 nitrogen and oxygen atoms in total. The van der Waals surface area contributed by atoms with Crippen molar-refractivity contribution in [1.29, 1.82) is 0 Å². The van der Waals surface area contributed by atoms with Crippen molar-refractivity contribution in [3.8, 4) is 27.9 Å². The van der Waals surface area contributed by atoms with E-state index in [1.54, 1.807) is 0 Å². The van der Waals surface area contributed by atoms with Crippen molar-refractivity contribution < 1.29 is 0 Å². The first kappa shape index (κ1) is 30.8. The molecule has 10 rings (SSSR count). The molecule has 0 spiro atoms. The van der Waals surface area contributed by atoms with Crippen molar-refractivity contribution >= 4 is 49.3 Å². The average Bonchev–Trinajstić information content (AvgIpc) is 3.50. The number of rotatable bonds is 4. The van der Waals surface area contributed by atoms with Crippen molar-refractivity contribution in [2.24, 2.45) is 0 Å². The van der Waals surface area contributed by atoms with Crippen molar-refractivity contribution in [2.75, 3.05) is 0 Å². The summed E-state index contributed by atoms with van der Waals surface area (Å²) in [6.07, 6.45) is 9.55. The van der Waals surface area contributed by atoms with E-state index >= 15 is 0 Å². The van der Waals surface area contributed by atoms with E-state index in [4.69, 9.17) is 0 Å². The Morgan fingerprint density at radius 2 is 1.35 bits per heavy atom. The molecule has 1 aliphatic rings. The van der Waals surface area contributed by atoms with Gasteiger partial charge in [0.15, 0.2) is 0 Å². The lowest BCUT2D eigenvalue weighted by atomic mass is 9.70. The predicted octanol–water partition coefficient (Wildman–Crippen LogP) is 13.1. The molecular weight excluding hydrogens is 629 g/mol. The Labute approximate surface area is 305 Å². The third-order valence-electron chi connectivity index (χ3n) is 11.6. The first-order valence-corrected chi connectivity index (χ1v) is 18.4. The van der Waals surface area contributed by atoms with Crippen molar-refractivity contribution in [1.82, 2.24) is 9.55 Å². The van der Waals surface area contributed by atoms with Gasteiger partial charge in [-0.1, -0.05) is 137 Å². The van der Waals surface area contributed by atoms with Crippen LogP contribution in [0, 0.1) is 0 Å². The summed E-state index contributed by atoms with van der Waals surface area (Å²) in [6.45, 7) is 9.37. The minimum absolute atomic E-state index is 0.0633. The van der Waals surface area contributed by atoms with Gasteiger partial charge in [0.2, 0.25) is 0 Å². The molecule has 1 aliphatic carbocycles. The lowest BCUT2D eigenvalue weighted by Gasteiger charge is -2.33. The molecule has 0 amide bonds. The highest BCUT2D eigenvalue weighted by atomic mass is 15.0. The second-order valence-electron chi connectivity index (χ2n) is 15.9. The maximum atomic E-state index is 4.37. The molecule has 9 aromatic rings. The maximum Gasteiger partial charge on any atom is 0.0537 e. The molecule has 7 aromatic carbocycles. The van der Waals surface area contributed by atoms with Gasteiger partial charge in [-0.3, -0.25) is 4.98 Å². The molecule has 0 saturated carbocycles. The zero-order valence-electron chi connectivity index (χ0n) is 30.1. The van der Waals surface area contributed by atoms with E-state index in [0.717, 1.165) is 12.0 Å². The molecular formula is C50H40N2. The average molecular weight is 669 g/mol. The summed E-state index contributed by atoms with van der Waals surface area (Å²) in [5.74, 6) is 0. The third-order valence-corrected chi connectivity index (χ3v) is 11.6. The fourth-order valence-corrected chi connectivity index (χ4v) is 8.85. The van der Waals surface area contributed by atoms with Gasteiger partial charge in [-0.05, 0) is 120 Å². The Hall–Kier alpha value is -5.99. The van der Waals surface area contributed by atoms with E-state index in [1.807, 2.05) is 18.5 Å². The van der Waals surface area contributed by atoms with Gasteiger partial charge in [-0.15, -0.1) is 0 Å². The Morgan fingerprint density at radius 3 is 2.08 bits per heavy atom. The normalized spacial score (nSPS) is 16.0. The lowest BCUT2D eigenvalue weighted by Crippen LogP contribution is -2.26. The van der Waals surface area contributed by atoms with Crippen LogP contribution in [0.15, 0.2) is 152 Å². The topological polar surface area (TPSA) is 17.8 Å². The maximum absolute atomic E-state index is 4.37. The van der Waals surface area contributed by atoms with Gasteiger partial charge in [0.25, 0.3) is 0 Å². The summed E-state index contributed by atoms with van der Waals surface area (Å²) in [5, 5.41) is 9.33. The highest BCUT2D eigenvalue weighted by Gasteiger charge is 2.34. The fraction of sp³-hybridized carbons (Fsp3) is 0.140. The lowest BCUT2D eigenvalue weighted by molar-refractivity contribution is 0.591. The predicted molar refractivity (Wildman–Crippen MR) is 221 cm³/mol. The highest BCUT2D eigenvalue weighted by molar-refractivity contribution is 6.26. The van der Waals surface area contributed by atoms with E-state index in [2.05, 4.69) is 177 Å². The van der Waals surface area contributed by atoms with Crippen molar-refractivity contribution in [2.45, 2.75) is 44.9 Å². The summed E-state index contributed by atoms with van der Waals surface area (Å²) in [6, 6.07) is 49.7. The number of hydrogen-bond donors (Lipinski definition) is 0. The molecule has 2 aromatic heterocycles. The van der Waals surface area contributed by atoms with Crippen LogP contribution in [0.25, 0.3) is 77.2 Å². The van der Waals surface area contributed by atoms with Gasteiger partial charge < -0.3 is 4.57 Å². The van der Waals surface area contributed by atoms with Gasteiger partial charge >= 0.3 is 0 Å². The Balaban J connectivity index is 1.22. The van der Waals surface area contributed by atoms with Crippen LogP contribution in [0.2, 0.25) is 0 Å². The number of hydrogen-bond acceptors (Lipinski definition) is 1. The quantitative estimate of drug-likeness (QED) is 0.171. The van der Waals surface area contributed by atoms with Crippen LogP contribution in [0.5, 0.6) is 0 Å². The molecule has 0 radical (unpaired) electrons. The Morgan fingerprint density at radius 1 is 0.635 bits per heavy atom. The van der Waals surface area contributed by atoms with E-state index in [9.17, 15) is 0 Å². The zero-order valence-corrected chi connectivity index (χ0v) is 30.1. The first-order valence-electron chi connectivity index (χ1n) is 18.4. The molecule has 0 aliphatic heterocycles. The molecule has 0 saturated heterocycles.